The Balaban J connectivity index is 1.76. The molecular weight excluding hydrogens is 456 g/mol. The lowest BCUT2D eigenvalue weighted by molar-refractivity contribution is -0.117. The van der Waals surface area contributed by atoms with E-state index in [-0.39, 0.29) is 5.57 Å². The Bertz CT molecular complexity index is 1110. The largest absolute Gasteiger partial charge is 0.493 e. The van der Waals surface area contributed by atoms with Crippen LogP contribution >= 0.6 is 15.9 Å². The van der Waals surface area contributed by atoms with Crippen LogP contribution in [-0.4, -0.2) is 13.0 Å². The quantitative estimate of drug-likeness (QED) is 0.355. The van der Waals surface area contributed by atoms with Crippen LogP contribution < -0.4 is 14.8 Å². The van der Waals surface area contributed by atoms with Crippen molar-refractivity contribution in [3.63, 3.8) is 0 Å². The van der Waals surface area contributed by atoms with Gasteiger partial charge >= 0.3 is 0 Å². The summed E-state index contributed by atoms with van der Waals surface area (Å²) in [6, 6.07) is 24.8. The van der Waals surface area contributed by atoms with Crippen LogP contribution in [-0.2, 0) is 17.9 Å². The van der Waals surface area contributed by atoms with E-state index in [0.29, 0.717) is 34.7 Å². The van der Waals surface area contributed by atoms with Crippen molar-refractivity contribution < 1.29 is 14.3 Å². The first-order chi connectivity index (χ1) is 15.1. The monoisotopic (exact) mass is 476 g/mol. The lowest BCUT2D eigenvalue weighted by Gasteiger charge is -2.14. The third-order valence-corrected chi connectivity index (χ3v) is 5.04. The van der Waals surface area contributed by atoms with Crippen LogP contribution in [0.25, 0.3) is 6.08 Å². The van der Waals surface area contributed by atoms with Gasteiger partial charge in [0.1, 0.15) is 18.2 Å². The molecule has 3 aromatic carbocycles. The molecule has 0 atom stereocenters. The van der Waals surface area contributed by atoms with E-state index in [4.69, 9.17) is 9.47 Å². The fourth-order valence-corrected chi connectivity index (χ4v) is 3.46. The fourth-order valence-electron chi connectivity index (χ4n) is 2.88. The normalized spacial score (nSPS) is 10.8. The summed E-state index contributed by atoms with van der Waals surface area (Å²) in [7, 11) is 1.54. The van der Waals surface area contributed by atoms with E-state index in [1.54, 1.807) is 19.2 Å². The van der Waals surface area contributed by atoms with Crippen LogP contribution in [0.1, 0.15) is 16.7 Å². The molecule has 156 valence electrons. The molecule has 1 amide bonds. The minimum Gasteiger partial charge on any atom is -0.493 e. The molecule has 0 heterocycles. The predicted molar refractivity (Wildman–Crippen MR) is 123 cm³/mol. The van der Waals surface area contributed by atoms with Crippen molar-refractivity contribution in [1.82, 2.24) is 5.32 Å². The summed E-state index contributed by atoms with van der Waals surface area (Å²) in [5.74, 6) is 0.611. The number of benzene rings is 3. The second-order valence-corrected chi connectivity index (χ2v) is 7.50. The van der Waals surface area contributed by atoms with E-state index in [9.17, 15) is 10.1 Å². The van der Waals surface area contributed by atoms with Crippen LogP contribution in [0.3, 0.4) is 0 Å². The zero-order valence-corrected chi connectivity index (χ0v) is 18.6. The molecule has 0 saturated carbocycles. The second kappa shape index (κ2) is 11.0. The van der Waals surface area contributed by atoms with Crippen LogP contribution in [0.5, 0.6) is 11.5 Å². The van der Waals surface area contributed by atoms with E-state index in [0.717, 1.165) is 11.1 Å². The first-order valence-electron chi connectivity index (χ1n) is 9.59. The summed E-state index contributed by atoms with van der Waals surface area (Å²) in [6.07, 6.45) is 1.52. The molecule has 0 spiro atoms. The van der Waals surface area contributed by atoms with Crippen molar-refractivity contribution in [2.24, 2.45) is 0 Å². The summed E-state index contributed by atoms with van der Waals surface area (Å²) in [5.41, 5.74) is 2.63. The van der Waals surface area contributed by atoms with Gasteiger partial charge in [0.25, 0.3) is 5.91 Å². The average molecular weight is 477 g/mol. The van der Waals surface area contributed by atoms with Crippen LogP contribution in [0.2, 0.25) is 0 Å². The number of nitrogens with one attached hydrogen (secondary N) is 1. The third-order valence-electron chi connectivity index (χ3n) is 4.45. The number of nitriles is 1. The van der Waals surface area contributed by atoms with E-state index in [2.05, 4.69) is 21.2 Å². The minimum absolute atomic E-state index is 0.00263. The standard InChI is InChI=1S/C25H21BrN2O3/c1-30-23-14-20(13-22(26)24(23)31-17-19-10-6-3-7-11-19)12-21(15-27)25(29)28-16-18-8-4-2-5-9-18/h2-14H,16-17H2,1H3,(H,28,29)/b21-12-. The number of carbonyl (C=O) groups excluding carboxylic acids is 1. The highest BCUT2D eigenvalue weighted by atomic mass is 79.9. The lowest BCUT2D eigenvalue weighted by atomic mass is 10.1. The molecule has 0 aliphatic rings. The molecule has 0 aliphatic heterocycles. The van der Waals surface area contributed by atoms with Crippen molar-refractivity contribution in [3.05, 3.63) is 99.5 Å². The van der Waals surface area contributed by atoms with Crippen molar-refractivity contribution in [1.29, 1.82) is 5.26 Å². The minimum atomic E-state index is -0.439. The van der Waals surface area contributed by atoms with Crippen molar-refractivity contribution in [2.45, 2.75) is 13.2 Å². The van der Waals surface area contributed by atoms with Gasteiger partial charge in [-0.2, -0.15) is 5.26 Å². The zero-order chi connectivity index (χ0) is 22.1. The fraction of sp³-hybridized carbons (Fsp3) is 0.120. The number of hydrogen-bond donors (Lipinski definition) is 1. The Labute approximate surface area is 190 Å². The highest BCUT2D eigenvalue weighted by Crippen LogP contribution is 2.37. The van der Waals surface area contributed by atoms with Gasteiger partial charge in [-0.15, -0.1) is 0 Å². The molecule has 31 heavy (non-hydrogen) atoms. The summed E-state index contributed by atoms with van der Waals surface area (Å²) in [5, 5.41) is 12.2. The summed E-state index contributed by atoms with van der Waals surface area (Å²) in [6.45, 7) is 0.730. The van der Waals surface area contributed by atoms with Gasteiger partial charge < -0.3 is 14.8 Å². The first-order valence-corrected chi connectivity index (χ1v) is 10.4. The number of carbonyl (C=O) groups is 1. The molecule has 0 saturated heterocycles. The number of methoxy groups -OCH3 is 1. The Kier molecular flexibility index (Phi) is 7.85. The van der Waals surface area contributed by atoms with Gasteiger partial charge in [0.15, 0.2) is 11.5 Å². The number of amides is 1. The number of halogens is 1. The lowest BCUT2D eigenvalue weighted by Crippen LogP contribution is -2.23. The molecule has 0 unspecified atom stereocenters. The number of ether oxygens (including phenoxy) is 2. The number of rotatable bonds is 8. The predicted octanol–water partition coefficient (Wildman–Crippen LogP) is 5.26. The number of nitrogens with zero attached hydrogens (tertiary/aromatic N) is 1. The zero-order valence-electron chi connectivity index (χ0n) is 17.0. The maximum Gasteiger partial charge on any atom is 0.262 e. The second-order valence-electron chi connectivity index (χ2n) is 6.65. The molecular formula is C25H21BrN2O3. The van der Waals surface area contributed by atoms with Crippen molar-refractivity contribution in [2.75, 3.05) is 7.11 Å². The van der Waals surface area contributed by atoms with Gasteiger partial charge in [-0.3, -0.25) is 4.79 Å². The highest BCUT2D eigenvalue weighted by Gasteiger charge is 2.14. The molecule has 0 radical (unpaired) electrons. The molecule has 3 rings (SSSR count). The van der Waals surface area contributed by atoms with E-state index < -0.39 is 5.91 Å². The van der Waals surface area contributed by atoms with Gasteiger partial charge in [-0.25, -0.2) is 0 Å². The maximum atomic E-state index is 12.4. The molecule has 1 N–H and O–H groups in total. The molecule has 6 heteroatoms. The smallest absolute Gasteiger partial charge is 0.262 e. The third kappa shape index (κ3) is 6.21. The molecule has 5 nitrogen and oxygen atoms in total. The van der Waals surface area contributed by atoms with E-state index in [1.165, 1.54) is 6.08 Å². The van der Waals surface area contributed by atoms with E-state index >= 15 is 0 Å². The average Bonchev–Trinajstić information content (AvgIpc) is 2.81. The van der Waals surface area contributed by atoms with Crippen LogP contribution in [0, 0.1) is 11.3 Å². The topological polar surface area (TPSA) is 71.3 Å². The Morgan fingerprint density at radius 3 is 2.32 bits per heavy atom. The molecule has 0 fully saturated rings. The Morgan fingerprint density at radius 1 is 1.06 bits per heavy atom. The van der Waals surface area contributed by atoms with E-state index in [1.807, 2.05) is 66.7 Å². The van der Waals surface area contributed by atoms with Gasteiger partial charge in [-0.1, -0.05) is 60.7 Å². The summed E-state index contributed by atoms with van der Waals surface area (Å²) >= 11 is 3.50. The SMILES string of the molecule is COc1cc(/C=C(/C#N)C(=O)NCc2ccccc2)cc(Br)c1OCc1ccccc1. The molecule has 0 aromatic heterocycles. The molecule has 0 bridgehead atoms. The van der Waals surface area contributed by atoms with Crippen LogP contribution in [0.15, 0.2) is 82.8 Å². The number of hydrogen-bond acceptors (Lipinski definition) is 4. The van der Waals surface area contributed by atoms with Gasteiger partial charge in [0.2, 0.25) is 0 Å². The summed E-state index contributed by atoms with van der Waals surface area (Å²) in [4.78, 5) is 12.4. The van der Waals surface area contributed by atoms with Crippen molar-refractivity contribution >= 4 is 27.9 Å². The maximum absolute atomic E-state index is 12.4. The van der Waals surface area contributed by atoms with Gasteiger partial charge in [0, 0.05) is 6.54 Å². The van der Waals surface area contributed by atoms with Crippen molar-refractivity contribution in [3.8, 4) is 17.6 Å². The Morgan fingerprint density at radius 2 is 1.71 bits per heavy atom. The molecule has 0 aliphatic carbocycles. The summed E-state index contributed by atoms with van der Waals surface area (Å²) < 4.78 is 12.1. The molecule has 3 aromatic rings. The van der Waals surface area contributed by atoms with Gasteiger partial charge in [0.05, 0.1) is 11.6 Å². The highest BCUT2D eigenvalue weighted by molar-refractivity contribution is 9.10. The van der Waals surface area contributed by atoms with Gasteiger partial charge in [-0.05, 0) is 50.8 Å². The first kappa shape index (κ1) is 22.1. The Hall–Kier alpha value is -3.56. The van der Waals surface area contributed by atoms with Crippen LogP contribution in [0.4, 0.5) is 0 Å².